The molecular formula is C21H24ClN3O3S2. The third kappa shape index (κ3) is 5.18. The lowest BCUT2D eigenvalue weighted by Crippen LogP contribution is -2.40. The smallest absolute Gasteiger partial charge is 0.244 e. The van der Waals surface area contributed by atoms with Gasteiger partial charge >= 0.3 is 0 Å². The molecule has 0 saturated carbocycles. The van der Waals surface area contributed by atoms with Gasteiger partial charge in [0.2, 0.25) is 5.91 Å². The summed E-state index contributed by atoms with van der Waals surface area (Å²) < 4.78 is 26.6. The predicted molar refractivity (Wildman–Crippen MR) is 124 cm³/mol. The molecule has 0 aliphatic heterocycles. The van der Waals surface area contributed by atoms with Crippen molar-refractivity contribution in [1.82, 2.24) is 9.88 Å². The third-order valence-corrected chi connectivity index (χ3v) is 7.70. The number of nitrogens with zero attached hydrogens (tertiary/aromatic N) is 3. The maximum atomic E-state index is 13.1. The Morgan fingerprint density at radius 1 is 1.10 bits per heavy atom. The second-order valence-corrected chi connectivity index (χ2v) is 10.9. The fourth-order valence-corrected chi connectivity index (χ4v) is 5.46. The number of carbonyl (C=O) groups excluding carboxylic acids is 1. The summed E-state index contributed by atoms with van der Waals surface area (Å²) in [5.74, 6) is -1.13. The molecule has 0 N–H and O–H groups in total. The van der Waals surface area contributed by atoms with Gasteiger partial charge in [-0.25, -0.2) is 13.4 Å². The second kappa shape index (κ2) is 9.01. The van der Waals surface area contributed by atoms with Gasteiger partial charge in [-0.15, -0.1) is 0 Å². The Hall–Kier alpha value is -2.00. The number of anilines is 1. The number of amides is 1. The van der Waals surface area contributed by atoms with Crippen LogP contribution in [0.2, 0.25) is 5.02 Å². The van der Waals surface area contributed by atoms with Gasteiger partial charge in [0.05, 0.1) is 15.1 Å². The SMILES string of the molecule is Cc1cc(C)c2sc(N(CCN(C)C)C(=O)CS(=O)(=O)c3ccc(Cl)cc3)nc2c1. The summed E-state index contributed by atoms with van der Waals surface area (Å²) in [6.07, 6.45) is 0. The van der Waals surface area contributed by atoms with Crippen molar-refractivity contribution >= 4 is 54.0 Å². The van der Waals surface area contributed by atoms with E-state index in [2.05, 4.69) is 11.1 Å². The van der Waals surface area contributed by atoms with E-state index in [9.17, 15) is 13.2 Å². The molecule has 1 heterocycles. The lowest BCUT2D eigenvalue weighted by molar-refractivity contribution is -0.116. The largest absolute Gasteiger partial charge is 0.308 e. The van der Waals surface area contributed by atoms with E-state index in [0.29, 0.717) is 23.2 Å². The van der Waals surface area contributed by atoms with Crippen LogP contribution in [0.15, 0.2) is 41.3 Å². The Morgan fingerprint density at radius 3 is 2.40 bits per heavy atom. The summed E-state index contributed by atoms with van der Waals surface area (Å²) >= 11 is 7.26. The summed E-state index contributed by atoms with van der Waals surface area (Å²) in [5.41, 5.74) is 2.99. The molecule has 0 saturated heterocycles. The van der Waals surface area contributed by atoms with Crippen LogP contribution in [-0.4, -0.2) is 57.1 Å². The Morgan fingerprint density at radius 2 is 1.77 bits per heavy atom. The molecule has 1 aromatic heterocycles. The number of fused-ring (bicyclic) bond motifs is 1. The van der Waals surface area contributed by atoms with Gasteiger partial charge in [-0.1, -0.05) is 29.0 Å². The minimum Gasteiger partial charge on any atom is -0.308 e. The molecule has 160 valence electrons. The molecule has 3 aromatic rings. The van der Waals surface area contributed by atoms with Crippen LogP contribution in [-0.2, 0) is 14.6 Å². The monoisotopic (exact) mass is 465 g/mol. The predicted octanol–water partition coefficient (Wildman–Crippen LogP) is 3.94. The first-order valence-electron chi connectivity index (χ1n) is 9.38. The van der Waals surface area contributed by atoms with Gasteiger partial charge in [0.25, 0.3) is 0 Å². The lowest BCUT2D eigenvalue weighted by Gasteiger charge is -2.22. The van der Waals surface area contributed by atoms with Crippen molar-refractivity contribution in [1.29, 1.82) is 0 Å². The normalized spacial score (nSPS) is 11.9. The van der Waals surface area contributed by atoms with Gasteiger partial charge in [0.1, 0.15) is 5.75 Å². The standard InChI is InChI=1S/C21H24ClN3O3S2/c1-14-11-15(2)20-18(12-14)23-21(29-20)25(10-9-24(3)4)19(26)13-30(27,28)17-7-5-16(22)6-8-17/h5-8,11-12H,9-10,13H2,1-4H3. The van der Waals surface area contributed by atoms with Crippen molar-refractivity contribution in [3.63, 3.8) is 0 Å². The molecule has 30 heavy (non-hydrogen) atoms. The van der Waals surface area contributed by atoms with Crippen molar-refractivity contribution in [2.75, 3.05) is 37.8 Å². The number of hydrogen-bond donors (Lipinski definition) is 0. The lowest BCUT2D eigenvalue weighted by atomic mass is 10.1. The summed E-state index contributed by atoms with van der Waals surface area (Å²) in [7, 11) is 0.00410. The van der Waals surface area contributed by atoms with E-state index >= 15 is 0 Å². The Kier molecular flexibility index (Phi) is 6.81. The first-order chi connectivity index (χ1) is 14.1. The Balaban J connectivity index is 1.94. The quantitative estimate of drug-likeness (QED) is 0.528. The molecule has 1 amide bonds. The summed E-state index contributed by atoms with van der Waals surface area (Å²) in [6.45, 7) is 4.94. The molecule has 3 rings (SSSR count). The van der Waals surface area contributed by atoms with Crippen molar-refractivity contribution < 1.29 is 13.2 Å². The minimum atomic E-state index is -3.80. The van der Waals surface area contributed by atoms with Gasteiger partial charge < -0.3 is 4.90 Å². The number of hydrogen-bond acceptors (Lipinski definition) is 6. The van der Waals surface area contributed by atoms with Gasteiger partial charge in [0, 0.05) is 18.1 Å². The maximum Gasteiger partial charge on any atom is 0.244 e. The number of halogens is 1. The molecule has 0 bridgehead atoms. The molecule has 0 spiro atoms. The molecule has 0 atom stereocenters. The number of thiazole rings is 1. The van der Waals surface area contributed by atoms with Crippen molar-refractivity contribution in [3.8, 4) is 0 Å². The van der Waals surface area contributed by atoms with Gasteiger partial charge in [0.15, 0.2) is 15.0 Å². The average molecular weight is 466 g/mol. The number of carbonyl (C=O) groups is 1. The highest BCUT2D eigenvalue weighted by Gasteiger charge is 2.27. The molecule has 9 heteroatoms. The van der Waals surface area contributed by atoms with E-state index in [1.807, 2.05) is 38.9 Å². The van der Waals surface area contributed by atoms with E-state index < -0.39 is 21.5 Å². The van der Waals surface area contributed by atoms with E-state index in [1.165, 1.54) is 40.5 Å². The maximum absolute atomic E-state index is 13.1. The fourth-order valence-electron chi connectivity index (χ4n) is 3.07. The summed E-state index contributed by atoms with van der Waals surface area (Å²) in [6, 6.07) is 9.88. The van der Waals surface area contributed by atoms with Crippen LogP contribution in [0.1, 0.15) is 11.1 Å². The van der Waals surface area contributed by atoms with E-state index in [4.69, 9.17) is 11.6 Å². The molecule has 0 unspecified atom stereocenters. The molecule has 0 aliphatic carbocycles. The van der Waals surface area contributed by atoms with Crippen LogP contribution in [0.25, 0.3) is 10.2 Å². The van der Waals surface area contributed by atoms with E-state index in [1.54, 1.807) is 0 Å². The average Bonchev–Trinajstić information content (AvgIpc) is 3.05. The fraction of sp³-hybridized carbons (Fsp3) is 0.333. The first kappa shape index (κ1) is 22.7. The molecule has 6 nitrogen and oxygen atoms in total. The highest BCUT2D eigenvalue weighted by atomic mass is 35.5. The zero-order valence-electron chi connectivity index (χ0n) is 17.3. The minimum absolute atomic E-state index is 0.0728. The van der Waals surface area contributed by atoms with Crippen LogP contribution in [0.5, 0.6) is 0 Å². The number of likely N-dealkylation sites (N-methyl/N-ethyl adjacent to an activating group) is 1. The highest BCUT2D eigenvalue weighted by Crippen LogP contribution is 2.32. The zero-order valence-corrected chi connectivity index (χ0v) is 19.7. The van der Waals surface area contributed by atoms with Crippen LogP contribution >= 0.6 is 22.9 Å². The van der Waals surface area contributed by atoms with Gasteiger partial charge in [-0.05, 0) is 69.4 Å². The van der Waals surface area contributed by atoms with Crippen LogP contribution in [0, 0.1) is 13.8 Å². The van der Waals surface area contributed by atoms with Crippen LogP contribution in [0.3, 0.4) is 0 Å². The van der Waals surface area contributed by atoms with E-state index in [0.717, 1.165) is 21.3 Å². The number of rotatable bonds is 7. The molecule has 0 radical (unpaired) electrons. The summed E-state index contributed by atoms with van der Waals surface area (Å²) in [4.78, 5) is 21.2. The van der Waals surface area contributed by atoms with Crippen LogP contribution < -0.4 is 4.90 Å². The van der Waals surface area contributed by atoms with Crippen LogP contribution in [0.4, 0.5) is 5.13 Å². The van der Waals surface area contributed by atoms with E-state index in [-0.39, 0.29) is 4.90 Å². The molecular weight excluding hydrogens is 442 g/mol. The molecule has 0 aliphatic rings. The number of benzene rings is 2. The molecule has 2 aromatic carbocycles. The highest BCUT2D eigenvalue weighted by molar-refractivity contribution is 7.92. The number of aromatic nitrogens is 1. The third-order valence-electron chi connectivity index (χ3n) is 4.60. The number of sulfone groups is 1. The van der Waals surface area contributed by atoms with Crippen molar-refractivity contribution in [2.24, 2.45) is 0 Å². The number of aryl methyl sites for hydroxylation is 2. The Bertz CT molecular complexity index is 1170. The van der Waals surface area contributed by atoms with Gasteiger partial charge in [-0.3, -0.25) is 9.69 Å². The van der Waals surface area contributed by atoms with Crippen molar-refractivity contribution in [2.45, 2.75) is 18.7 Å². The second-order valence-electron chi connectivity index (χ2n) is 7.49. The van der Waals surface area contributed by atoms with Crippen molar-refractivity contribution in [3.05, 3.63) is 52.5 Å². The topological polar surface area (TPSA) is 70.6 Å². The summed E-state index contributed by atoms with van der Waals surface area (Å²) in [5, 5.41) is 0.949. The zero-order chi connectivity index (χ0) is 22.1. The molecule has 0 fully saturated rings. The first-order valence-corrected chi connectivity index (χ1v) is 12.2. The Labute approximate surface area is 186 Å². The van der Waals surface area contributed by atoms with Gasteiger partial charge in [-0.2, -0.15) is 0 Å².